The molecule has 1 aromatic rings. The van der Waals surface area contributed by atoms with Crippen LogP contribution < -0.4 is 10.5 Å². The molecule has 2 N–H and O–H groups in total. The molecule has 1 unspecified atom stereocenters. The van der Waals surface area contributed by atoms with Crippen molar-refractivity contribution in [1.82, 2.24) is 4.98 Å². The largest absolute Gasteiger partial charge is 0.476 e. The second-order valence-electron chi connectivity index (χ2n) is 4.01. The molecule has 1 rings (SSSR count). The van der Waals surface area contributed by atoms with Crippen molar-refractivity contribution < 1.29 is 4.74 Å². The van der Waals surface area contributed by atoms with Crippen molar-refractivity contribution >= 4 is 15.9 Å². The van der Waals surface area contributed by atoms with Gasteiger partial charge in [0.25, 0.3) is 0 Å². The molecule has 1 atom stereocenters. The summed E-state index contributed by atoms with van der Waals surface area (Å²) >= 11 is 3.39. The maximum absolute atomic E-state index is 5.97. The number of pyridine rings is 1. The van der Waals surface area contributed by atoms with Crippen LogP contribution in [0, 0.1) is 6.92 Å². The summed E-state index contributed by atoms with van der Waals surface area (Å²) < 4.78 is 6.53. The Hall–Kier alpha value is -0.610. The molecule has 0 aliphatic rings. The van der Waals surface area contributed by atoms with Gasteiger partial charge in [0.2, 0.25) is 5.88 Å². The lowest BCUT2D eigenvalue weighted by atomic mass is 10.0. The van der Waals surface area contributed by atoms with Crippen LogP contribution >= 0.6 is 15.9 Å². The zero-order valence-electron chi connectivity index (χ0n) is 9.38. The first-order chi connectivity index (χ1) is 6.94. The van der Waals surface area contributed by atoms with Gasteiger partial charge in [-0.15, -0.1) is 0 Å². The van der Waals surface area contributed by atoms with Crippen molar-refractivity contribution in [3.8, 4) is 5.88 Å². The van der Waals surface area contributed by atoms with Crippen molar-refractivity contribution in [3.63, 3.8) is 0 Å². The topological polar surface area (TPSA) is 48.1 Å². The monoisotopic (exact) mass is 272 g/mol. The van der Waals surface area contributed by atoms with Crippen molar-refractivity contribution in [2.24, 2.45) is 5.73 Å². The average molecular weight is 273 g/mol. The van der Waals surface area contributed by atoms with Crippen LogP contribution in [0.25, 0.3) is 0 Å². The lowest BCUT2D eigenvalue weighted by Crippen LogP contribution is -2.41. The highest BCUT2D eigenvalue weighted by Gasteiger charge is 2.16. The molecule has 0 bridgehead atoms. The van der Waals surface area contributed by atoms with Crippen LogP contribution in [-0.4, -0.2) is 17.1 Å². The van der Waals surface area contributed by atoms with E-state index in [1.165, 1.54) is 0 Å². The van der Waals surface area contributed by atoms with Crippen LogP contribution in [0.4, 0.5) is 0 Å². The number of nitrogens with zero attached hydrogens (tertiary/aromatic N) is 1. The summed E-state index contributed by atoms with van der Waals surface area (Å²) in [5, 5.41) is 0. The maximum Gasteiger partial charge on any atom is 0.213 e. The third-order valence-corrected chi connectivity index (χ3v) is 3.19. The molecule has 0 aliphatic carbocycles. The van der Waals surface area contributed by atoms with E-state index in [2.05, 4.69) is 20.9 Å². The van der Waals surface area contributed by atoms with Crippen LogP contribution in [0.2, 0.25) is 0 Å². The number of aromatic nitrogens is 1. The van der Waals surface area contributed by atoms with Gasteiger partial charge in [0, 0.05) is 16.1 Å². The molecule has 0 aliphatic heterocycles. The van der Waals surface area contributed by atoms with E-state index < -0.39 is 0 Å². The summed E-state index contributed by atoms with van der Waals surface area (Å²) in [6, 6.07) is 3.76. The molecule has 0 saturated carbocycles. The Kier molecular flexibility index (Phi) is 4.11. The fourth-order valence-electron chi connectivity index (χ4n) is 0.942. The first-order valence-electron chi connectivity index (χ1n) is 4.99. The molecule has 1 heterocycles. The van der Waals surface area contributed by atoms with Gasteiger partial charge in [-0.25, -0.2) is 4.98 Å². The fourth-order valence-corrected chi connectivity index (χ4v) is 1.16. The molecule has 15 heavy (non-hydrogen) atoms. The minimum absolute atomic E-state index is 0.289. The lowest BCUT2D eigenvalue weighted by molar-refractivity contribution is 0.218. The summed E-state index contributed by atoms with van der Waals surface area (Å²) in [5.74, 6) is 0.626. The minimum Gasteiger partial charge on any atom is -0.476 e. The average Bonchev–Trinajstić information content (AvgIpc) is 2.20. The second-order valence-corrected chi connectivity index (χ2v) is 4.87. The molecule has 0 aromatic carbocycles. The van der Waals surface area contributed by atoms with Gasteiger partial charge in [0.1, 0.15) is 6.61 Å². The highest BCUT2D eigenvalue weighted by atomic mass is 79.9. The van der Waals surface area contributed by atoms with E-state index in [1.807, 2.05) is 32.9 Å². The summed E-state index contributed by atoms with van der Waals surface area (Å²) in [6.45, 7) is 6.43. The number of hydrogen-bond acceptors (Lipinski definition) is 3. The first kappa shape index (κ1) is 12.5. The Labute approximate surface area is 99.2 Å². The normalized spacial score (nSPS) is 14.7. The summed E-state index contributed by atoms with van der Waals surface area (Å²) in [5.41, 5.74) is 6.60. The third kappa shape index (κ3) is 3.80. The molecule has 0 fully saturated rings. The molecule has 1 aromatic heterocycles. The number of halogens is 1. The van der Waals surface area contributed by atoms with E-state index in [4.69, 9.17) is 10.5 Å². The van der Waals surface area contributed by atoms with Gasteiger partial charge in [-0.1, -0.05) is 6.92 Å². The third-order valence-electron chi connectivity index (χ3n) is 2.35. The van der Waals surface area contributed by atoms with Crippen molar-refractivity contribution in [2.45, 2.75) is 32.7 Å². The predicted molar refractivity (Wildman–Crippen MR) is 65.1 cm³/mol. The highest BCUT2D eigenvalue weighted by molar-refractivity contribution is 9.10. The van der Waals surface area contributed by atoms with Crippen molar-refractivity contribution in [2.75, 3.05) is 6.61 Å². The van der Waals surface area contributed by atoms with E-state index in [9.17, 15) is 0 Å². The second kappa shape index (κ2) is 4.94. The minimum atomic E-state index is -0.289. The Balaban J connectivity index is 2.62. The van der Waals surface area contributed by atoms with Gasteiger partial charge in [0.05, 0.1) is 5.69 Å². The SMILES string of the molecule is CCC(C)(N)COc1ccc(Br)c(C)n1. The van der Waals surface area contributed by atoms with E-state index in [0.717, 1.165) is 16.6 Å². The van der Waals surface area contributed by atoms with Crippen molar-refractivity contribution in [3.05, 3.63) is 22.3 Å². The number of aryl methyl sites for hydroxylation is 1. The van der Waals surface area contributed by atoms with Gasteiger partial charge in [0.15, 0.2) is 0 Å². The Bertz CT molecular complexity index is 339. The Morgan fingerprint density at radius 2 is 2.20 bits per heavy atom. The first-order valence-corrected chi connectivity index (χ1v) is 5.79. The Morgan fingerprint density at radius 3 is 2.73 bits per heavy atom. The lowest BCUT2D eigenvalue weighted by Gasteiger charge is -2.22. The van der Waals surface area contributed by atoms with Gasteiger partial charge >= 0.3 is 0 Å². The zero-order valence-corrected chi connectivity index (χ0v) is 11.0. The van der Waals surface area contributed by atoms with Gasteiger partial charge in [-0.2, -0.15) is 0 Å². The molecule has 3 nitrogen and oxygen atoms in total. The number of ether oxygens (including phenoxy) is 1. The summed E-state index contributed by atoms with van der Waals surface area (Å²) in [4.78, 5) is 4.29. The fraction of sp³-hybridized carbons (Fsp3) is 0.545. The van der Waals surface area contributed by atoms with Crippen LogP contribution in [0.5, 0.6) is 5.88 Å². The van der Waals surface area contributed by atoms with E-state index in [0.29, 0.717) is 12.5 Å². The van der Waals surface area contributed by atoms with Crippen LogP contribution in [0.15, 0.2) is 16.6 Å². The predicted octanol–water partition coefficient (Wildman–Crippen LogP) is 2.66. The van der Waals surface area contributed by atoms with Gasteiger partial charge in [-0.3, -0.25) is 0 Å². The van der Waals surface area contributed by atoms with Crippen LogP contribution in [-0.2, 0) is 0 Å². The molecular formula is C11H17BrN2O. The molecule has 0 saturated heterocycles. The highest BCUT2D eigenvalue weighted by Crippen LogP contribution is 2.18. The van der Waals surface area contributed by atoms with Crippen LogP contribution in [0.1, 0.15) is 26.0 Å². The molecule has 4 heteroatoms. The van der Waals surface area contributed by atoms with Crippen molar-refractivity contribution in [1.29, 1.82) is 0 Å². The van der Waals surface area contributed by atoms with Gasteiger partial charge < -0.3 is 10.5 Å². The smallest absolute Gasteiger partial charge is 0.213 e. The number of rotatable bonds is 4. The molecule has 0 amide bonds. The quantitative estimate of drug-likeness (QED) is 0.917. The molecule has 0 radical (unpaired) electrons. The van der Waals surface area contributed by atoms with E-state index in [-0.39, 0.29) is 5.54 Å². The standard InChI is InChI=1S/C11H17BrN2O/c1-4-11(3,13)7-15-10-6-5-9(12)8(2)14-10/h5-6H,4,7,13H2,1-3H3. The summed E-state index contributed by atoms with van der Waals surface area (Å²) in [7, 11) is 0. The number of hydrogen-bond donors (Lipinski definition) is 1. The zero-order chi connectivity index (χ0) is 11.5. The maximum atomic E-state index is 5.97. The molecular weight excluding hydrogens is 256 g/mol. The molecule has 84 valence electrons. The Morgan fingerprint density at radius 1 is 1.53 bits per heavy atom. The van der Waals surface area contributed by atoms with Gasteiger partial charge in [-0.05, 0) is 42.3 Å². The number of nitrogens with two attached hydrogens (primary N) is 1. The van der Waals surface area contributed by atoms with Crippen LogP contribution in [0.3, 0.4) is 0 Å². The van der Waals surface area contributed by atoms with E-state index in [1.54, 1.807) is 0 Å². The van der Waals surface area contributed by atoms with E-state index >= 15 is 0 Å². The molecule has 0 spiro atoms. The summed E-state index contributed by atoms with van der Waals surface area (Å²) in [6.07, 6.45) is 0.877.